The number of aromatic nitrogens is 3. The number of hydrogen-bond acceptors (Lipinski definition) is 7. The third-order valence-corrected chi connectivity index (χ3v) is 6.05. The van der Waals surface area contributed by atoms with Gasteiger partial charge in [0.15, 0.2) is 0 Å². The van der Waals surface area contributed by atoms with Crippen LogP contribution < -0.4 is 20.5 Å². The fourth-order valence-corrected chi connectivity index (χ4v) is 4.35. The molecule has 0 bridgehead atoms. The number of likely N-dealkylation sites (tertiary alicyclic amines) is 1. The molecule has 3 N–H and O–H groups in total. The van der Waals surface area contributed by atoms with Crippen LogP contribution in [0.3, 0.4) is 0 Å². The van der Waals surface area contributed by atoms with Crippen LogP contribution in [0.25, 0.3) is 22.2 Å². The van der Waals surface area contributed by atoms with E-state index in [4.69, 9.17) is 20.2 Å². The molecule has 0 radical (unpaired) electrons. The Bertz CT molecular complexity index is 1300. The number of hydrogen-bond donors (Lipinski definition) is 2. The lowest BCUT2D eigenvalue weighted by Gasteiger charge is -2.18. The third-order valence-electron chi connectivity index (χ3n) is 6.05. The van der Waals surface area contributed by atoms with Crippen LogP contribution in [-0.2, 0) is 7.05 Å². The predicted octanol–water partition coefficient (Wildman–Crippen LogP) is 4.05. The number of aryl methyl sites for hydroxylation is 1. The van der Waals surface area contributed by atoms with Crippen molar-refractivity contribution in [1.82, 2.24) is 19.4 Å². The molecule has 1 saturated heterocycles. The number of nitrogens with one attached hydrogen (secondary N) is 1. The molecule has 5 rings (SSSR count). The van der Waals surface area contributed by atoms with Gasteiger partial charge in [0.05, 0.1) is 24.2 Å². The molecule has 0 saturated carbocycles. The van der Waals surface area contributed by atoms with E-state index in [2.05, 4.69) is 45.1 Å². The second kappa shape index (κ2) is 8.63. The third kappa shape index (κ3) is 4.17. The summed E-state index contributed by atoms with van der Waals surface area (Å²) < 4.78 is 13.8. The molecule has 8 nitrogen and oxygen atoms in total. The normalized spacial score (nSPS) is 16.3. The number of rotatable bonds is 6. The minimum atomic E-state index is 0.126. The van der Waals surface area contributed by atoms with E-state index in [0.717, 1.165) is 41.7 Å². The Labute approximate surface area is 193 Å². The number of methoxy groups -OCH3 is 1. The van der Waals surface area contributed by atoms with Gasteiger partial charge in [-0.2, -0.15) is 0 Å². The number of benzene rings is 2. The standard InChI is InChI=1S/C25H28N6O2/c1-30-11-9-16(14-30)33-23-13-24(32-3)21(12-19(23)26)29-25-27-10-8-20(28-25)18-15-31(2)22-7-5-4-6-17(18)22/h4-8,10,12-13,15-16H,9,11,14,26H2,1-3H3,(H,27,28,29)/t16-/m0/s1. The van der Waals surface area contributed by atoms with Gasteiger partial charge in [0, 0.05) is 55.1 Å². The molecule has 2 aromatic heterocycles. The number of nitrogen functional groups attached to an aromatic ring is 1. The van der Waals surface area contributed by atoms with Gasteiger partial charge in [0.1, 0.15) is 17.6 Å². The first-order valence-electron chi connectivity index (χ1n) is 11.0. The molecule has 1 atom stereocenters. The molecule has 0 aliphatic carbocycles. The first-order chi connectivity index (χ1) is 16.0. The first-order valence-corrected chi connectivity index (χ1v) is 11.0. The van der Waals surface area contributed by atoms with E-state index < -0.39 is 0 Å². The van der Waals surface area contributed by atoms with Gasteiger partial charge >= 0.3 is 0 Å². The number of anilines is 3. The molecule has 0 spiro atoms. The lowest BCUT2D eigenvalue weighted by molar-refractivity contribution is 0.208. The Morgan fingerprint density at radius 2 is 1.97 bits per heavy atom. The molecule has 3 heterocycles. The Balaban J connectivity index is 1.43. The van der Waals surface area contributed by atoms with Gasteiger partial charge in [0.2, 0.25) is 5.95 Å². The van der Waals surface area contributed by atoms with Gasteiger partial charge in [-0.3, -0.25) is 0 Å². The molecule has 0 amide bonds. The van der Waals surface area contributed by atoms with Crippen LogP contribution in [0.1, 0.15) is 6.42 Å². The maximum atomic E-state index is 6.32. The Kier molecular flexibility index (Phi) is 5.51. The highest BCUT2D eigenvalue weighted by atomic mass is 16.5. The van der Waals surface area contributed by atoms with E-state index in [1.54, 1.807) is 19.4 Å². The molecule has 1 aliphatic rings. The van der Waals surface area contributed by atoms with Crippen molar-refractivity contribution in [3.05, 3.63) is 54.9 Å². The van der Waals surface area contributed by atoms with Crippen molar-refractivity contribution >= 4 is 28.2 Å². The van der Waals surface area contributed by atoms with E-state index >= 15 is 0 Å². The molecule has 1 aliphatic heterocycles. The molecular formula is C25H28N6O2. The van der Waals surface area contributed by atoms with Gasteiger partial charge in [-0.25, -0.2) is 9.97 Å². The first kappa shape index (κ1) is 21.1. The molecule has 33 heavy (non-hydrogen) atoms. The minimum absolute atomic E-state index is 0.126. The van der Waals surface area contributed by atoms with Gasteiger partial charge < -0.3 is 30.0 Å². The molecule has 0 unspecified atom stereocenters. The zero-order chi connectivity index (χ0) is 22.9. The smallest absolute Gasteiger partial charge is 0.227 e. The minimum Gasteiger partial charge on any atom is -0.494 e. The van der Waals surface area contributed by atoms with Crippen LogP contribution >= 0.6 is 0 Å². The number of para-hydroxylation sites is 1. The van der Waals surface area contributed by atoms with Crippen LogP contribution in [0, 0.1) is 0 Å². The van der Waals surface area contributed by atoms with Crippen molar-refractivity contribution in [3.63, 3.8) is 0 Å². The number of likely N-dealkylation sites (N-methyl/N-ethyl adjacent to an activating group) is 1. The number of fused-ring (bicyclic) bond motifs is 1. The van der Waals surface area contributed by atoms with Crippen molar-refractivity contribution in [1.29, 1.82) is 0 Å². The van der Waals surface area contributed by atoms with Gasteiger partial charge in [-0.05, 0) is 31.7 Å². The summed E-state index contributed by atoms with van der Waals surface area (Å²) in [6.45, 7) is 1.91. The van der Waals surface area contributed by atoms with Crippen LogP contribution in [0.15, 0.2) is 54.9 Å². The number of ether oxygens (including phenoxy) is 2. The number of nitrogens with two attached hydrogens (primary N) is 1. The summed E-state index contributed by atoms with van der Waals surface area (Å²) in [5.74, 6) is 1.71. The molecule has 170 valence electrons. The van der Waals surface area contributed by atoms with E-state index in [1.807, 2.05) is 31.3 Å². The fourth-order valence-electron chi connectivity index (χ4n) is 4.35. The zero-order valence-corrected chi connectivity index (χ0v) is 19.1. The van der Waals surface area contributed by atoms with Gasteiger partial charge in [-0.1, -0.05) is 18.2 Å². The number of nitrogens with zero attached hydrogens (tertiary/aromatic N) is 4. The van der Waals surface area contributed by atoms with E-state index in [9.17, 15) is 0 Å². The molecule has 4 aromatic rings. The van der Waals surface area contributed by atoms with E-state index in [-0.39, 0.29) is 6.10 Å². The summed E-state index contributed by atoms with van der Waals surface area (Å²) in [4.78, 5) is 11.4. The van der Waals surface area contributed by atoms with Crippen molar-refractivity contribution in [3.8, 4) is 22.8 Å². The van der Waals surface area contributed by atoms with Crippen molar-refractivity contribution in [2.75, 3.05) is 38.3 Å². The zero-order valence-electron chi connectivity index (χ0n) is 19.1. The Morgan fingerprint density at radius 1 is 1.12 bits per heavy atom. The monoisotopic (exact) mass is 444 g/mol. The summed E-state index contributed by atoms with van der Waals surface area (Å²) in [6.07, 6.45) is 4.94. The summed E-state index contributed by atoms with van der Waals surface area (Å²) >= 11 is 0. The van der Waals surface area contributed by atoms with E-state index in [0.29, 0.717) is 28.8 Å². The average Bonchev–Trinajstić information content (AvgIpc) is 3.38. The fraction of sp³-hybridized carbons (Fsp3) is 0.280. The van der Waals surface area contributed by atoms with Crippen LogP contribution in [0.4, 0.5) is 17.3 Å². The second-order valence-corrected chi connectivity index (χ2v) is 8.44. The Hall–Kier alpha value is -3.78. The predicted molar refractivity (Wildman–Crippen MR) is 131 cm³/mol. The second-order valence-electron chi connectivity index (χ2n) is 8.44. The molecule has 8 heteroatoms. The highest BCUT2D eigenvalue weighted by Gasteiger charge is 2.22. The van der Waals surface area contributed by atoms with E-state index in [1.165, 1.54) is 0 Å². The highest BCUT2D eigenvalue weighted by molar-refractivity contribution is 5.95. The largest absolute Gasteiger partial charge is 0.494 e. The summed E-state index contributed by atoms with van der Waals surface area (Å²) in [7, 11) is 5.75. The maximum Gasteiger partial charge on any atom is 0.227 e. The van der Waals surface area contributed by atoms with Crippen molar-refractivity contribution in [2.45, 2.75) is 12.5 Å². The van der Waals surface area contributed by atoms with Gasteiger partial charge in [0.25, 0.3) is 0 Å². The molecular weight excluding hydrogens is 416 g/mol. The van der Waals surface area contributed by atoms with Gasteiger partial charge in [-0.15, -0.1) is 0 Å². The molecule has 1 fully saturated rings. The lowest BCUT2D eigenvalue weighted by Crippen LogP contribution is -2.21. The quantitative estimate of drug-likeness (QED) is 0.434. The van der Waals surface area contributed by atoms with Crippen LogP contribution in [0.5, 0.6) is 11.5 Å². The summed E-state index contributed by atoms with van der Waals surface area (Å²) in [6, 6.07) is 13.8. The van der Waals surface area contributed by atoms with Crippen molar-refractivity contribution in [2.24, 2.45) is 7.05 Å². The molecule has 2 aromatic carbocycles. The lowest BCUT2D eigenvalue weighted by atomic mass is 10.1. The van der Waals surface area contributed by atoms with Crippen LogP contribution in [-0.4, -0.2) is 52.8 Å². The Morgan fingerprint density at radius 3 is 2.76 bits per heavy atom. The SMILES string of the molecule is COc1cc(O[C@H]2CCN(C)C2)c(N)cc1Nc1nccc(-c2cn(C)c3ccccc23)n1. The van der Waals surface area contributed by atoms with Crippen LogP contribution in [0.2, 0.25) is 0 Å². The van der Waals surface area contributed by atoms with Crippen molar-refractivity contribution < 1.29 is 9.47 Å². The topological polar surface area (TPSA) is 90.5 Å². The summed E-state index contributed by atoms with van der Waals surface area (Å²) in [5.41, 5.74) is 10.6. The summed E-state index contributed by atoms with van der Waals surface area (Å²) in [5, 5.41) is 4.40. The highest BCUT2D eigenvalue weighted by Crippen LogP contribution is 2.37. The maximum absolute atomic E-state index is 6.32. The average molecular weight is 445 g/mol.